The average Bonchev–Trinajstić information content (AvgIpc) is 2.53. The predicted octanol–water partition coefficient (Wildman–Crippen LogP) is 2.26. The Kier molecular flexibility index (Phi) is 7.29. The highest BCUT2D eigenvalue weighted by molar-refractivity contribution is 5.81. The number of para-hydroxylation sites is 1. The average molecular weight is 293 g/mol. The van der Waals surface area contributed by atoms with Crippen molar-refractivity contribution in [2.75, 3.05) is 20.2 Å². The number of nitrogens with zero attached hydrogens (tertiary/aromatic N) is 1. The second-order valence-electron chi connectivity index (χ2n) is 4.57. The molecule has 0 bridgehead atoms. The summed E-state index contributed by atoms with van der Waals surface area (Å²) in [6.07, 6.45) is 0.227. The van der Waals surface area contributed by atoms with Crippen LogP contribution in [0.15, 0.2) is 30.3 Å². The third-order valence-corrected chi connectivity index (χ3v) is 3.17. The summed E-state index contributed by atoms with van der Waals surface area (Å²) in [5.41, 5.74) is 0. The van der Waals surface area contributed by atoms with Crippen LogP contribution < -0.4 is 4.74 Å². The molecule has 1 amide bonds. The Labute approximate surface area is 125 Å². The third-order valence-electron chi connectivity index (χ3n) is 3.17. The Bertz CT molecular complexity index is 447. The second-order valence-corrected chi connectivity index (χ2v) is 4.57. The minimum Gasteiger partial charge on any atom is -0.481 e. The smallest absolute Gasteiger partial charge is 0.307 e. The van der Waals surface area contributed by atoms with Gasteiger partial charge in [-0.05, 0) is 25.5 Å². The fraction of sp³-hybridized carbons (Fsp3) is 0.500. The number of carbonyl (C=O) groups is 2. The summed E-state index contributed by atoms with van der Waals surface area (Å²) >= 11 is 0. The van der Waals surface area contributed by atoms with Gasteiger partial charge >= 0.3 is 5.97 Å². The number of hydrogen-bond acceptors (Lipinski definition) is 4. The van der Waals surface area contributed by atoms with E-state index >= 15 is 0 Å². The van der Waals surface area contributed by atoms with Crippen molar-refractivity contribution in [3.05, 3.63) is 30.3 Å². The Balaban J connectivity index is 2.64. The number of carbonyl (C=O) groups excluding carboxylic acids is 2. The molecule has 1 rings (SSSR count). The maximum absolute atomic E-state index is 12.5. The molecule has 5 heteroatoms. The van der Waals surface area contributed by atoms with Crippen LogP contribution in [0.5, 0.6) is 5.75 Å². The molecule has 0 N–H and O–H groups in total. The number of ether oxygens (including phenoxy) is 2. The van der Waals surface area contributed by atoms with Crippen molar-refractivity contribution in [2.45, 2.75) is 32.8 Å². The van der Waals surface area contributed by atoms with E-state index in [0.29, 0.717) is 25.3 Å². The standard InChI is InChI=1S/C16H23NO4/c1-4-14(21-13-9-7-6-8-10-13)16(19)17(5-2)12-11-15(18)20-3/h6-10,14H,4-5,11-12H2,1-3H3. The quantitative estimate of drug-likeness (QED) is 0.690. The normalized spacial score (nSPS) is 11.6. The van der Waals surface area contributed by atoms with Gasteiger partial charge in [-0.15, -0.1) is 0 Å². The van der Waals surface area contributed by atoms with Crippen LogP contribution in [0.4, 0.5) is 0 Å². The highest BCUT2D eigenvalue weighted by atomic mass is 16.5. The number of amides is 1. The summed E-state index contributed by atoms with van der Waals surface area (Å²) in [5, 5.41) is 0. The lowest BCUT2D eigenvalue weighted by molar-refractivity contribution is -0.143. The molecule has 1 atom stereocenters. The highest BCUT2D eigenvalue weighted by Crippen LogP contribution is 2.14. The number of esters is 1. The van der Waals surface area contributed by atoms with Gasteiger partial charge in [0.1, 0.15) is 5.75 Å². The number of hydrogen-bond donors (Lipinski definition) is 0. The monoisotopic (exact) mass is 293 g/mol. The van der Waals surface area contributed by atoms with Gasteiger partial charge in [-0.3, -0.25) is 9.59 Å². The van der Waals surface area contributed by atoms with Gasteiger partial charge in [0, 0.05) is 13.1 Å². The molecule has 21 heavy (non-hydrogen) atoms. The molecule has 0 aliphatic carbocycles. The zero-order valence-corrected chi connectivity index (χ0v) is 12.9. The molecule has 116 valence electrons. The van der Waals surface area contributed by atoms with Gasteiger partial charge in [0.2, 0.25) is 0 Å². The molecular formula is C16H23NO4. The van der Waals surface area contributed by atoms with Crippen LogP contribution >= 0.6 is 0 Å². The van der Waals surface area contributed by atoms with E-state index in [1.807, 2.05) is 44.2 Å². The van der Waals surface area contributed by atoms with E-state index in [-0.39, 0.29) is 18.3 Å². The van der Waals surface area contributed by atoms with Crippen molar-refractivity contribution in [3.63, 3.8) is 0 Å². The van der Waals surface area contributed by atoms with E-state index in [1.165, 1.54) is 7.11 Å². The number of methoxy groups -OCH3 is 1. The molecule has 0 spiro atoms. The highest BCUT2D eigenvalue weighted by Gasteiger charge is 2.24. The first-order valence-electron chi connectivity index (χ1n) is 7.19. The number of rotatable bonds is 8. The summed E-state index contributed by atoms with van der Waals surface area (Å²) in [4.78, 5) is 25.3. The molecular weight excluding hydrogens is 270 g/mol. The Morgan fingerprint density at radius 3 is 2.38 bits per heavy atom. The van der Waals surface area contributed by atoms with Crippen molar-refractivity contribution in [1.29, 1.82) is 0 Å². The molecule has 0 heterocycles. The van der Waals surface area contributed by atoms with Gasteiger partial charge in [-0.2, -0.15) is 0 Å². The minimum absolute atomic E-state index is 0.104. The van der Waals surface area contributed by atoms with Gasteiger partial charge in [0.15, 0.2) is 6.10 Å². The van der Waals surface area contributed by atoms with Gasteiger partial charge < -0.3 is 14.4 Å². The number of benzene rings is 1. The van der Waals surface area contributed by atoms with Crippen LogP contribution in [0.1, 0.15) is 26.7 Å². The summed E-state index contributed by atoms with van der Waals surface area (Å²) in [6.45, 7) is 4.66. The van der Waals surface area contributed by atoms with Crippen molar-refractivity contribution in [2.24, 2.45) is 0 Å². The molecule has 1 aromatic carbocycles. The largest absolute Gasteiger partial charge is 0.481 e. The molecule has 0 saturated carbocycles. The maximum Gasteiger partial charge on any atom is 0.307 e. The van der Waals surface area contributed by atoms with Crippen LogP contribution in [0.3, 0.4) is 0 Å². The molecule has 0 aliphatic rings. The van der Waals surface area contributed by atoms with Gasteiger partial charge in [-0.25, -0.2) is 0 Å². The Morgan fingerprint density at radius 2 is 1.86 bits per heavy atom. The zero-order valence-electron chi connectivity index (χ0n) is 12.9. The third kappa shape index (κ3) is 5.45. The first-order chi connectivity index (χ1) is 10.1. The van der Waals surface area contributed by atoms with Crippen molar-refractivity contribution in [1.82, 2.24) is 4.90 Å². The summed E-state index contributed by atoms with van der Waals surface area (Å²) in [6, 6.07) is 9.26. The van der Waals surface area contributed by atoms with E-state index < -0.39 is 6.10 Å². The lowest BCUT2D eigenvalue weighted by Gasteiger charge is -2.26. The molecule has 0 radical (unpaired) electrons. The molecule has 5 nitrogen and oxygen atoms in total. The topological polar surface area (TPSA) is 55.8 Å². The lowest BCUT2D eigenvalue weighted by atomic mass is 10.2. The van der Waals surface area contributed by atoms with E-state index in [1.54, 1.807) is 4.90 Å². The van der Waals surface area contributed by atoms with E-state index in [9.17, 15) is 9.59 Å². The molecule has 1 aromatic rings. The molecule has 1 unspecified atom stereocenters. The van der Waals surface area contributed by atoms with Crippen LogP contribution in [-0.2, 0) is 14.3 Å². The number of likely N-dealkylation sites (N-methyl/N-ethyl adjacent to an activating group) is 1. The van der Waals surface area contributed by atoms with Crippen LogP contribution in [0, 0.1) is 0 Å². The van der Waals surface area contributed by atoms with E-state index in [0.717, 1.165) is 0 Å². The lowest BCUT2D eigenvalue weighted by Crippen LogP contribution is -2.42. The Morgan fingerprint density at radius 1 is 1.19 bits per heavy atom. The van der Waals surface area contributed by atoms with Crippen molar-refractivity contribution < 1.29 is 19.1 Å². The molecule has 0 fully saturated rings. The molecule has 0 saturated heterocycles. The summed E-state index contributed by atoms with van der Waals surface area (Å²) in [7, 11) is 1.34. The minimum atomic E-state index is -0.537. The van der Waals surface area contributed by atoms with Crippen LogP contribution in [0.25, 0.3) is 0 Å². The predicted molar refractivity (Wildman–Crippen MR) is 80.0 cm³/mol. The van der Waals surface area contributed by atoms with E-state index in [4.69, 9.17) is 4.74 Å². The zero-order chi connectivity index (χ0) is 15.7. The van der Waals surface area contributed by atoms with Gasteiger partial charge in [-0.1, -0.05) is 25.1 Å². The SMILES string of the molecule is CCC(Oc1ccccc1)C(=O)N(CC)CCC(=O)OC. The van der Waals surface area contributed by atoms with Gasteiger partial charge in [0.05, 0.1) is 13.5 Å². The second kappa shape index (κ2) is 9.00. The summed E-state index contributed by atoms with van der Waals surface area (Å²) < 4.78 is 10.3. The Hall–Kier alpha value is -2.04. The first kappa shape index (κ1) is 17.0. The van der Waals surface area contributed by atoms with Gasteiger partial charge in [0.25, 0.3) is 5.91 Å². The summed E-state index contributed by atoms with van der Waals surface area (Å²) in [5.74, 6) is 0.243. The fourth-order valence-corrected chi connectivity index (χ4v) is 1.93. The van der Waals surface area contributed by atoms with E-state index in [2.05, 4.69) is 4.74 Å². The first-order valence-corrected chi connectivity index (χ1v) is 7.19. The van der Waals surface area contributed by atoms with Crippen molar-refractivity contribution in [3.8, 4) is 5.75 Å². The van der Waals surface area contributed by atoms with Crippen LogP contribution in [-0.4, -0.2) is 43.1 Å². The molecule has 0 aromatic heterocycles. The fourth-order valence-electron chi connectivity index (χ4n) is 1.93. The maximum atomic E-state index is 12.5. The molecule has 0 aliphatic heterocycles. The van der Waals surface area contributed by atoms with Crippen molar-refractivity contribution >= 4 is 11.9 Å². The van der Waals surface area contributed by atoms with Crippen LogP contribution in [0.2, 0.25) is 0 Å².